The summed E-state index contributed by atoms with van der Waals surface area (Å²) in [5.41, 5.74) is 7.19. The second kappa shape index (κ2) is 4.53. The lowest BCUT2D eigenvalue weighted by Crippen LogP contribution is -2.13. The Morgan fingerprint density at radius 2 is 2.31 bits per heavy atom. The first-order valence-electron chi connectivity index (χ1n) is 5.36. The number of nitrogens with zero attached hydrogens (tertiary/aromatic N) is 1. The molecule has 0 aliphatic rings. The standard InChI is InChI=1S/C12H16N2O2/c1-8(7-13)5-12-14-10-4-3-9(15-2)6-11(10)16-12/h3-4,6,8H,5,7,13H2,1-2H3. The summed E-state index contributed by atoms with van der Waals surface area (Å²) in [4.78, 5) is 4.40. The van der Waals surface area contributed by atoms with Gasteiger partial charge < -0.3 is 14.9 Å². The summed E-state index contributed by atoms with van der Waals surface area (Å²) in [6.07, 6.45) is 0.771. The van der Waals surface area contributed by atoms with Crippen LogP contribution in [0.15, 0.2) is 22.6 Å². The number of benzene rings is 1. The molecule has 0 fully saturated rings. The van der Waals surface area contributed by atoms with Crippen molar-refractivity contribution in [3.8, 4) is 5.75 Å². The van der Waals surface area contributed by atoms with E-state index in [1.807, 2.05) is 18.2 Å². The maximum atomic E-state index is 5.64. The number of oxazole rings is 1. The third-order valence-corrected chi connectivity index (χ3v) is 2.57. The van der Waals surface area contributed by atoms with Gasteiger partial charge in [0.05, 0.1) is 7.11 Å². The van der Waals surface area contributed by atoms with Crippen molar-refractivity contribution in [1.29, 1.82) is 0 Å². The molecule has 1 aromatic carbocycles. The first-order chi connectivity index (χ1) is 7.72. The van der Waals surface area contributed by atoms with E-state index in [1.165, 1.54) is 0 Å². The minimum absolute atomic E-state index is 0.384. The average Bonchev–Trinajstić information content (AvgIpc) is 2.69. The molecule has 0 bridgehead atoms. The summed E-state index contributed by atoms with van der Waals surface area (Å²) >= 11 is 0. The molecule has 4 nitrogen and oxygen atoms in total. The van der Waals surface area contributed by atoms with Crippen molar-refractivity contribution in [2.45, 2.75) is 13.3 Å². The Morgan fingerprint density at radius 1 is 1.50 bits per heavy atom. The van der Waals surface area contributed by atoms with Crippen LogP contribution >= 0.6 is 0 Å². The van der Waals surface area contributed by atoms with E-state index < -0.39 is 0 Å². The quantitative estimate of drug-likeness (QED) is 0.855. The number of rotatable bonds is 4. The molecule has 0 aliphatic heterocycles. The van der Waals surface area contributed by atoms with Crippen LogP contribution in [-0.4, -0.2) is 18.6 Å². The molecule has 2 N–H and O–H groups in total. The van der Waals surface area contributed by atoms with E-state index in [-0.39, 0.29) is 0 Å². The van der Waals surface area contributed by atoms with Crippen LogP contribution in [0.25, 0.3) is 11.1 Å². The summed E-state index contributed by atoms with van der Waals surface area (Å²) in [5, 5.41) is 0. The Labute approximate surface area is 94.4 Å². The van der Waals surface area contributed by atoms with Gasteiger partial charge in [-0.2, -0.15) is 0 Å². The Bertz CT molecular complexity index is 479. The molecule has 0 radical (unpaired) electrons. The molecular formula is C12H16N2O2. The number of hydrogen-bond acceptors (Lipinski definition) is 4. The molecule has 1 heterocycles. The normalized spacial score (nSPS) is 12.9. The second-order valence-electron chi connectivity index (χ2n) is 3.99. The largest absolute Gasteiger partial charge is 0.497 e. The van der Waals surface area contributed by atoms with Gasteiger partial charge in [0, 0.05) is 12.5 Å². The van der Waals surface area contributed by atoms with Crippen molar-refractivity contribution in [2.24, 2.45) is 11.7 Å². The van der Waals surface area contributed by atoms with Gasteiger partial charge in [-0.3, -0.25) is 0 Å². The number of aromatic nitrogens is 1. The van der Waals surface area contributed by atoms with Gasteiger partial charge in [0.1, 0.15) is 11.3 Å². The number of fused-ring (bicyclic) bond motifs is 1. The molecule has 0 aliphatic carbocycles. The zero-order valence-electron chi connectivity index (χ0n) is 9.56. The van der Waals surface area contributed by atoms with Crippen molar-refractivity contribution < 1.29 is 9.15 Å². The molecule has 16 heavy (non-hydrogen) atoms. The van der Waals surface area contributed by atoms with Crippen LogP contribution in [0.4, 0.5) is 0 Å². The van der Waals surface area contributed by atoms with Gasteiger partial charge in [-0.25, -0.2) is 4.98 Å². The topological polar surface area (TPSA) is 61.3 Å². The molecule has 0 saturated heterocycles. The fourth-order valence-electron chi connectivity index (χ4n) is 1.55. The van der Waals surface area contributed by atoms with E-state index in [2.05, 4.69) is 11.9 Å². The minimum atomic E-state index is 0.384. The summed E-state index contributed by atoms with van der Waals surface area (Å²) in [6, 6.07) is 5.62. The third kappa shape index (κ3) is 2.17. The van der Waals surface area contributed by atoms with E-state index >= 15 is 0 Å². The predicted octanol–water partition coefficient (Wildman–Crippen LogP) is 1.97. The molecule has 1 aromatic heterocycles. The van der Waals surface area contributed by atoms with E-state index in [0.29, 0.717) is 12.5 Å². The van der Waals surface area contributed by atoms with Gasteiger partial charge in [0.25, 0.3) is 0 Å². The van der Waals surface area contributed by atoms with Gasteiger partial charge >= 0.3 is 0 Å². The first-order valence-corrected chi connectivity index (χ1v) is 5.36. The maximum Gasteiger partial charge on any atom is 0.195 e. The lowest BCUT2D eigenvalue weighted by Gasteiger charge is -2.02. The van der Waals surface area contributed by atoms with Crippen molar-refractivity contribution in [2.75, 3.05) is 13.7 Å². The number of nitrogens with two attached hydrogens (primary N) is 1. The Hall–Kier alpha value is -1.55. The molecule has 0 saturated carbocycles. The maximum absolute atomic E-state index is 5.64. The molecule has 4 heteroatoms. The number of methoxy groups -OCH3 is 1. The number of hydrogen-bond donors (Lipinski definition) is 1. The van der Waals surface area contributed by atoms with Crippen LogP contribution in [0.1, 0.15) is 12.8 Å². The second-order valence-corrected chi connectivity index (χ2v) is 3.99. The van der Waals surface area contributed by atoms with Crippen LogP contribution in [0, 0.1) is 5.92 Å². The molecule has 2 rings (SSSR count). The van der Waals surface area contributed by atoms with Gasteiger partial charge in [-0.1, -0.05) is 6.92 Å². The van der Waals surface area contributed by atoms with Crippen LogP contribution < -0.4 is 10.5 Å². The molecule has 0 amide bonds. The average molecular weight is 220 g/mol. The molecule has 1 atom stereocenters. The lowest BCUT2D eigenvalue weighted by atomic mass is 10.1. The van der Waals surface area contributed by atoms with E-state index in [0.717, 1.165) is 29.2 Å². The van der Waals surface area contributed by atoms with E-state index in [4.69, 9.17) is 14.9 Å². The molecular weight excluding hydrogens is 204 g/mol. The molecule has 1 unspecified atom stereocenters. The summed E-state index contributed by atoms with van der Waals surface area (Å²) in [5.74, 6) is 1.90. The van der Waals surface area contributed by atoms with Crippen molar-refractivity contribution >= 4 is 11.1 Å². The van der Waals surface area contributed by atoms with Gasteiger partial charge in [0.2, 0.25) is 0 Å². The van der Waals surface area contributed by atoms with Gasteiger partial charge in [-0.05, 0) is 24.6 Å². The molecule has 2 aromatic rings. The Kier molecular flexibility index (Phi) is 3.10. The van der Waals surface area contributed by atoms with Crippen LogP contribution in [0.2, 0.25) is 0 Å². The smallest absolute Gasteiger partial charge is 0.195 e. The highest BCUT2D eigenvalue weighted by Gasteiger charge is 2.09. The fraction of sp³-hybridized carbons (Fsp3) is 0.417. The fourth-order valence-corrected chi connectivity index (χ4v) is 1.55. The third-order valence-electron chi connectivity index (χ3n) is 2.57. The summed E-state index contributed by atoms with van der Waals surface area (Å²) < 4.78 is 10.8. The zero-order valence-corrected chi connectivity index (χ0v) is 9.56. The number of ether oxygens (including phenoxy) is 1. The highest BCUT2D eigenvalue weighted by Crippen LogP contribution is 2.22. The van der Waals surface area contributed by atoms with Crippen LogP contribution in [0.3, 0.4) is 0 Å². The summed E-state index contributed by atoms with van der Waals surface area (Å²) in [6.45, 7) is 2.72. The predicted molar refractivity (Wildman–Crippen MR) is 62.5 cm³/mol. The van der Waals surface area contributed by atoms with E-state index in [1.54, 1.807) is 7.11 Å². The van der Waals surface area contributed by atoms with Crippen molar-refractivity contribution in [3.05, 3.63) is 24.1 Å². The monoisotopic (exact) mass is 220 g/mol. The minimum Gasteiger partial charge on any atom is -0.497 e. The summed E-state index contributed by atoms with van der Waals surface area (Å²) in [7, 11) is 1.63. The van der Waals surface area contributed by atoms with E-state index in [9.17, 15) is 0 Å². The highest BCUT2D eigenvalue weighted by molar-refractivity contribution is 5.74. The molecule has 0 spiro atoms. The Balaban J connectivity index is 2.29. The van der Waals surface area contributed by atoms with Gasteiger partial charge in [0.15, 0.2) is 11.5 Å². The lowest BCUT2D eigenvalue weighted by molar-refractivity contribution is 0.413. The SMILES string of the molecule is COc1ccc2nc(CC(C)CN)oc2c1. The van der Waals surface area contributed by atoms with Crippen molar-refractivity contribution in [1.82, 2.24) is 4.98 Å². The Morgan fingerprint density at radius 3 is 3.00 bits per heavy atom. The molecule has 86 valence electrons. The van der Waals surface area contributed by atoms with Gasteiger partial charge in [-0.15, -0.1) is 0 Å². The highest BCUT2D eigenvalue weighted by atomic mass is 16.5. The van der Waals surface area contributed by atoms with Crippen molar-refractivity contribution in [3.63, 3.8) is 0 Å². The van der Waals surface area contributed by atoms with Crippen LogP contribution in [-0.2, 0) is 6.42 Å². The zero-order chi connectivity index (χ0) is 11.5. The first kappa shape index (κ1) is 11.0. The van der Waals surface area contributed by atoms with Crippen LogP contribution in [0.5, 0.6) is 5.75 Å².